The Kier molecular flexibility index (Phi) is 5.59. The summed E-state index contributed by atoms with van der Waals surface area (Å²) in [6, 6.07) is 7.81. The van der Waals surface area contributed by atoms with Crippen molar-refractivity contribution in [2.45, 2.75) is 25.7 Å². The van der Waals surface area contributed by atoms with Crippen LogP contribution >= 0.6 is 0 Å². The van der Waals surface area contributed by atoms with Crippen LogP contribution in [0.3, 0.4) is 0 Å². The molecule has 2 rings (SSSR count). The maximum Gasteiger partial charge on any atom is 0.245 e. The molecule has 1 amide bonds. The zero-order valence-corrected chi connectivity index (χ0v) is 15.7. The van der Waals surface area contributed by atoms with Crippen LogP contribution in [0.4, 0.5) is 14.5 Å². The maximum atomic E-state index is 14.3. The molecule has 4 nitrogen and oxygen atoms in total. The first-order valence-electron chi connectivity index (χ1n) is 7.83. The van der Waals surface area contributed by atoms with Gasteiger partial charge in [0.1, 0.15) is 23.4 Å². The van der Waals surface area contributed by atoms with E-state index >= 15 is 0 Å². The molecule has 0 aromatic heterocycles. The largest absolute Gasteiger partial charge is 0.497 e. The van der Waals surface area contributed by atoms with Crippen LogP contribution in [0.1, 0.15) is 11.6 Å². The highest BCUT2D eigenvalue weighted by atomic mass is 28.3. The van der Waals surface area contributed by atoms with Crippen LogP contribution in [0.15, 0.2) is 36.4 Å². The van der Waals surface area contributed by atoms with Gasteiger partial charge in [-0.3, -0.25) is 4.79 Å². The molecule has 2 aromatic carbocycles. The van der Waals surface area contributed by atoms with E-state index in [1.54, 1.807) is 24.3 Å². The molecule has 1 atom stereocenters. The number of anilines is 1. The molecule has 0 radical (unpaired) electrons. The van der Waals surface area contributed by atoms with Crippen molar-refractivity contribution >= 4 is 24.9 Å². The minimum atomic E-state index is -2.02. The van der Waals surface area contributed by atoms with Crippen molar-refractivity contribution in [1.82, 2.24) is 0 Å². The molecule has 0 saturated carbocycles. The van der Waals surface area contributed by atoms with Crippen molar-refractivity contribution in [3.05, 3.63) is 53.6 Å². The van der Waals surface area contributed by atoms with Gasteiger partial charge >= 0.3 is 0 Å². The van der Waals surface area contributed by atoms with Crippen LogP contribution in [0.25, 0.3) is 0 Å². The summed E-state index contributed by atoms with van der Waals surface area (Å²) in [5, 5.41) is 2.74. The summed E-state index contributed by atoms with van der Waals surface area (Å²) in [5.41, 5.74) is 6.23. The van der Waals surface area contributed by atoms with E-state index in [9.17, 15) is 13.6 Å². The molecule has 0 heterocycles. The van der Waals surface area contributed by atoms with E-state index in [1.807, 2.05) is 19.6 Å². The van der Waals surface area contributed by atoms with Gasteiger partial charge < -0.3 is 15.8 Å². The second-order valence-corrected chi connectivity index (χ2v) is 11.8. The average Bonchev–Trinajstić information content (AvgIpc) is 2.56. The van der Waals surface area contributed by atoms with Crippen LogP contribution in [-0.4, -0.2) is 21.1 Å². The van der Waals surface area contributed by atoms with E-state index in [4.69, 9.17) is 10.5 Å². The standard InChI is InChI=1S/C18H22F2N2O2Si/c1-24-12-7-5-11(6-8-12)17(21)18(23)22-15-9-14(20)16(10-13(15)19)25(2,3)4/h5-10,17H,21H2,1-4H3,(H,22,23)/t17-/m0/s1. The molecule has 0 fully saturated rings. The van der Waals surface area contributed by atoms with E-state index in [0.29, 0.717) is 16.5 Å². The van der Waals surface area contributed by atoms with E-state index in [-0.39, 0.29) is 5.69 Å². The van der Waals surface area contributed by atoms with E-state index < -0.39 is 31.7 Å². The molecule has 0 saturated heterocycles. The van der Waals surface area contributed by atoms with Crippen molar-refractivity contribution in [1.29, 1.82) is 0 Å². The molecule has 0 unspecified atom stereocenters. The smallest absolute Gasteiger partial charge is 0.245 e. The molecule has 0 bridgehead atoms. The summed E-state index contributed by atoms with van der Waals surface area (Å²) in [7, 11) is -0.489. The van der Waals surface area contributed by atoms with Gasteiger partial charge in [-0.1, -0.05) is 31.8 Å². The van der Waals surface area contributed by atoms with Gasteiger partial charge in [-0.05, 0) is 28.9 Å². The summed E-state index contributed by atoms with van der Waals surface area (Å²) < 4.78 is 33.6. The third kappa shape index (κ3) is 4.43. The topological polar surface area (TPSA) is 64.3 Å². The number of hydrogen-bond donors (Lipinski definition) is 2. The number of methoxy groups -OCH3 is 1. The number of nitrogens with two attached hydrogens (primary N) is 1. The first-order valence-corrected chi connectivity index (χ1v) is 11.3. The molecule has 0 spiro atoms. The van der Waals surface area contributed by atoms with Gasteiger partial charge in [-0.2, -0.15) is 0 Å². The van der Waals surface area contributed by atoms with Gasteiger partial charge in [0, 0.05) is 6.07 Å². The Morgan fingerprint density at radius 2 is 1.72 bits per heavy atom. The molecule has 7 heteroatoms. The lowest BCUT2D eigenvalue weighted by Gasteiger charge is -2.19. The lowest BCUT2D eigenvalue weighted by Crippen LogP contribution is -2.40. The Hall–Kier alpha value is -2.25. The monoisotopic (exact) mass is 364 g/mol. The van der Waals surface area contributed by atoms with Gasteiger partial charge in [-0.25, -0.2) is 8.78 Å². The first kappa shape index (κ1) is 19.1. The summed E-state index contributed by atoms with van der Waals surface area (Å²) in [4.78, 5) is 12.3. The van der Waals surface area contributed by atoms with Crippen LogP contribution < -0.4 is 21.0 Å². The zero-order valence-electron chi connectivity index (χ0n) is 14.7. The highest BCUT2D eigenvalue weighted by Gasteiger charge is 2.24. The fourth-order valence-corrected chi connectivity index (χ4v) is 3.74. The van der Waals surface area contributed by atoms with Crippen LogP contribution in [0.5, 0.6) is 5.75 Å². The van der Waals surface area contributed by atoms with Gasteiger partial charge in [0.15, 0.2) is 0 Å². The predicted octanol–water partition coefficient (Wildman–Crippen LogP) is 3.16. The molecule has 25 heavy (non-hydrogen) atoms. The van der Waals surface area contributed by atoms with E-state index in [1.165, 1.54) is 7.11 Å². The average molecular weight is 364 g/mol. The third-order valence-corrected chi connectivity index (χ3v) is 5.88. The predicted molar refractivity (Wildman–Crippen MR) is 97.9 cm³/mol. The Bertz CT molecular complexity index is 774. The zero-order chi connectivity index (χ0) is 18.8. The first-order chi connectivity index (χ1) is 11.6. The highest BCUT2D eigenvalue weighted by Crippen LogP contribution is 2.21. The van der Waals surface area contributed by atoms with Crippen molar-refractivity contribution in [2.24, 2.45) is 5.73 Å². The number of carbonyl (C=O) groups excluding carboxylic acids is 1. The minimum Gasteiger partial charge on any atom is -0.497 e. The molecule has 0 aliphatic heterocycles. The lowest BCUT2D eigenvalue weighted by molar-refractivity contribution is -0.117. The number of hydrogen-bond acceptors (Lipinski definition) is 3. The van der Waals surface area contributed by atoms with Gasteiger partial charge in [-0.15, -0.1) is 0 Å². The Labute approximate surface area is 147 Å². The normalized spacial score (nSPS) is 12.6. The minimum absolute atomic E-state index is 0.214. The van der Waals surface area contributed by atoms with Crippen LogP contribution in [0.2, 0.25) is 19.6 Å². The number of carbonyl (C=O) groups is 1. The summed E-state index contributed by atoms with van der Waals surface area (Å²) >= 11 is 0. The van der Waals surface area contributed by atoms with E-state index in [2.05, 4.69) is 5.32 Å². The molecule has 134 valence electrons. The summed E-state index contributed by atoms with van der Waals surface area (Å²) in [6.07, 6.45) is 0. The van der Waals surface area contributed by atoms with Crippen molar-refractivity contribution in [3.63, 3.8) is 0 Å². The van der Waals surface area contributed by atoms with Crippen LogP contribution in [0, 0.1) is 11.6 Å². The van der Waals surface area contributed by atoms with Crippen molar-refractivity contribution < 1.29 is 18.3 Å². The van der Waals surface area contributed by atoms with Crippen LogP contribution in [-0.2, 0) is 4.79 Å². The SMILES string of the molecule is COc1ccc([C@H](N)C(=O)Nc2cc(F)c([Si](C)(C)C)cc2F)cc1. The fourth-order valence-electron chi connectivity index (χ4n) is 2.39. The van der Waals surface area contributed by atoms with Crippen molar-refractivity contribution in [3.8, 4) is 5.75 Å². The second-order valence-electron chi connectivity index (χ2n) is 6.80. The molecular formula is C18H22F2N2O2Si. The van der Waals surface area contributed by atoms with Gasteiger partial charge in [0.2, 0.25) is 5.91 Å². The van der Waals surface area contributed by atoms with Gasteiger partial charge in [0.05, 0.1) is 20.9 Å². The number of halogens is 2. The fraction of sp³-hybridized carbons (Fsp3) is 0.278. The van der Waals surface area contributed by atoms with E-state index in [0.717, 1.165) is 12.1 Å². The maximum absolute atomic E-state index is 14.3. The molecule has 0 aliphatic carbocycles. The third-order valence-electron chi connectivity index (χ3n) is 3.88. The second kappa shape index (κ2) is 7.33. The molecule has 2 aromatic rings. The molecule has 0 aliphatic rings. The number of amides is 1. The summed E-state index contributed by atoms with van der Waals surface area (Å²) in [6.45, 7) is 5.76. The highest BCUT2D eigenvalue weighted by molar-refractivity contribution is 6.88. The van der Waals surface area contributed by atoms with Gasteiger partial charge in [0.25, 0.3) is 0 Å². The van der Waals surface area contributed by atoms with Crippen molar-refractivity contribution in [2.75, 3.05) is 12.4 Å². The Morgan fingerprint density at radius 1 is 1.12 bits per heavy atom. The molecule has 3 N–H and O–H groups in total. The Balaban J connectivity index is 2.20. The number of nitrogens with one attached hydrogen (secondary N) is 1. The summed E-state index contributed by atoms with van der Waals surface area (Å²) in [5.74, 6) is -1.18. The number of benzene rings is 2. The number of rotatable bonds is 5. The number of ether oxygens (including phenoxy) is 1. The molecular weight excluding hydrogens is 342 g/mol. The quantitative estimate of drug-likeness (QED) is 0.801. The Morgan fingerprint density at radius 3 is 2.24 bits per heavy atom. The lowest BCUT2D eigenvalue weighted by atomic mass is 10.1.